The van der Waals surface area contributed by atoms with E-state index in [0.29, 0.717) is 5.75 Å². The van der Waals surface area contributed by atoms with Gasteiger partial charge in [-0.15, -0.1) is 0 Å². The number of hydrogen-bond acceptors (Lipinski definition) is 3. The van der Waals surface area contributed by atoms with Gasteiger partial charge in [0.1, 0.15) is 5.75 Å². The molecule has 1 aliphatic rings. The number of phenolic OH excluding ortho intramolecular Hbond substituents is 1. The molecule has 3 heteroatoms. The molecule has 0 radical (unpaired) electrons. The minimum absolute atomic E-state index is 0.131. The molecule has 0 fully saturated rings. The van der Waals surface area contributed by atoms with E-state index in [4.69, 9.17) is 0 Å². The number of Topliss-reactive ketones (excluding diaryl/α,β-unsaturated/α-hetero) is 1. The second-order valence-corrected chi connectivity index (χ2v) is 15.9. The molecule has 0 aliphatic heterocycles. The molecule has 0 amide bonds. The molecule has 0 atom stereocenters. The molecular weight excluding hydrogens is 514 g/mol. The highest BCUT2D eigenvalue weighted by Gasteiger charge is 2.35. The minimum Gasteiger partial charge on any atom is -0.507 e. The molecule has 0 heterocycles. The molecule has 228 valence electrons. The van der Waals surface area contributed by atoms with E-state index < -0.39 is 0 Å². The standard InChI is InChI=1S/C39H55NO2/c1-15-40(16-2)28-19-17-25(18-20-28)33(26-21-29(36(3,4)5)34(41)30(22-26)37(6,7)8)27-23-31(38(9,10)11)35(42)32(24-27)39(12,13)14/h17-24,41H,15-16H2,1-14H3. The van der Waals surface area contributed by atoms with Crippen LogP contribution in [0.3, 0.4) is 0 Å². The number of anilines is 1. The van der Waals surface area contributed by atoms with Crippen LogP contribution >= 0.6 is 0 Å². The summed E-state index contributed by atoms with van der Waals surface area (Å²) in [5.41, 5.74) is 7.81. The van der Waals surface area contributed by atoms with Gasteiger partial charge in [0.15, 0.2) is 5.78 Å². The summed E-state index contributed by atoms with van der Waals surface area (Å²) in [7, 11) is 0. The van der Waals surface area contributed by atoms with E-state index in [1.807, 2.05) is 0 Å². The number of phenols is 1. The van der Waals surface area contributed by atoms with Crippen LogP contribution in [-0.4, -0.2) is 24.0 Å². The number of hydrogen-bond donors (Lipinski definition) is 1. The van der Waals surface area contributed by atoms with E-state index >= 15 is 0 Å². The van der Waals surface area contributed by atoms with E-state index in [2.05, 4.69) is 150 Å². The van der Waals surface area contributed by atoms with Crippen LogP contribution in [0.1, 0.15) is 119 Å². The highest BCUT2D eigenvalue weighted by molar-refractivity contribution is 6.12. The maximum absolute atomic E-state index is 13.9. The number of carbonyl (C=O) groups is 1. The van der Waals surface area contributed by atoms with Gasteiger partial charge in [0, 0.05) is 41.1 Å². The first-order chi connectivity index (χ1) is 19.1. The fourth-order valence-electron chi connectivity index (χ4n) is 5.74. The summed E-state index contributed by atoms with van der Waals surface area (Å²) >= 11 is 0. The van der Waals surface area contributed by atoms with Gasteiger partial charge < -0.3 is 10.0 Å². The molecule has 42 heavy (non-hydrogen) atoms. The van der Waals surface area contributed by atoms with E-state index in [-0.39, 0.29) is 27.4 Å². The van der Waals surface area contributed by atoms with Crippen molar-refractivity contribution >= 4 is 17.0 Å². The zero-order valence-corrected chi connectivity index (χ0v) is 28.8. The van der Waals surface area contributed by atoms with Gasteiger partial charge in [-0.1, -0.05) is 95.2 Å². The molecule has 2 aromatic rings. The Balaban J connectivity index is 2.56. The summed E-state index contributed by atoms with van der Waals surface area (Å²) in [5, 5.41) is 11.5. The highest BCUT2D eigenvalue weighted by Crippen LogP contribution is 2.45. The Bertz CT molecular complexity index is 1340. The first-order valence-corrected chi connectivity index (χ1v) is 15.6. The third-order valence-corrected chi connectivity index (χ3v) is 8.29. The van der Waals surface area contributed by atoms with Crippen molar-refractivity contribution in [3.8, 4) is 5.75 Å². The predicted octanol–water partition coefficient (Wildman–Crippen LogP) is 10.2. The zero-order valence-electron chi connectivity index (χ0n) is 28.8. The monoisotopic (exact) mass is 569 g/mol. The zero-order chi connectivity index (χ0) is 32.0. The van der Waals surface area contributed by atoms with Crippen LogP contribution in [-0.2, 0) is 15.6 Å². The van der Waals surface area contributed by atoms with Crippen molar-refractivity contribution in [3.63, 3.8) is 0 Å². The van der Waals surface area contributed by atoms with Crippen LogP contribution in [0.4, 0.5) is 5.69 Å². The third-order valence-electron chi connectivity index (χ3n) is 8.29. The van der Waals surface area contributed by atoms with E-state index in [1.54, 1.807) is 0 Å². The van der Waals surface area contributed by atoms with Crippen LogP contribution in [0.2, 0.25) is 0 Å². The number of allylic oxidation sites excluding steroid dienone is 5. The average Bonchev–Trinajstić information content (AvgIpc) is 2.84. The van der Waals surface area contributed by atoms with E-state index in [0.717, 1.165) is 57.6 Å². The molecule has 0 saturated carbocycles. The van der Waals surface area contributed by atoms with Gasteiger partial charge in [-0.3, -0.25) is 4.79 Å². The lowest BCUT2D eigenvalue weighted by atomic mass is 9.70. The third kappa shape index (κ3) is 6.93. The molecule has 0 aromatic heterocycles. The molecule has 3 nitrogen and oxygen atoms in total. The average molecular weight is 570 g/mol. The van der Waals surface area contributed by atoms with Gasteiger partial charge in [-0.25, -0.2) is 0 Å². The topological polar surface area (TPSA) is 40.5 Å². The Morgan fingerprint density at radius 1 is 0.643 bits per heavy atom. The number of aromatic hydroxyl groups is 1. The molecular formula is C39H55NO2. The second-order valence-electron chi connectivity index (χ2n) is 15.9. The van der Waals surface area contributed by atoms with Crippen LogP contribution in [0.5, 0.6) is 5.75 Å². The predicted molar refractivity (Wildman–Crippen MR) is 182 cm³/mol. The molecule has 0 unspecified atom stereocenters. The lowest BCUT2D eigenvalue weighted by molar-refractivity contribution is -0.114. The lowest BCUT2D eigenvalue weighted by Crippen LogP contribution is -2.28. The number of ketones is 1. The summed E-state index contributed by atoms with van der Waals surface area (Å²) in [5.74, 6) is 0.502. The Morgan fingerprint density at radius 3 is 1.38 bits per heavy atom. The molecule has 0 bridgehead atoms. The van der Waals surface area contributed by atoms with E-state index in [9.17, 15) is 9.90 Å². The minimum atomic E-state index is -0.313. The van der Waals surface area contributed by atoms with Crippen molar-refractivity contribution in [3.05, 3.63) is 87.5 Å². The summed E-state index contributed by atoms with van der Waals surface area (Å²) < 4.78 is 0. The molecule has 1 N–H and O–H groups in total. The van der Waals surface area contributed by atoms with Crippen LogP contribution in [0.15, 0.2) is 65.3 Å². The Morgan fingerprint density at radius 2 is 1.05 bits per heavy atom. The van der Waals surface area contributed by atoms with Crippen molar-refractivity contribution in [2.75, 3.05) is 18.0 Å². The SMILES string of the molecule is CCN(CC)c1ccc(C(=C2C=C(C(C)(C)C)C(=O)C(C(C)(C)C)=C2)c2cc(C(C)(C)C)c(O)c(C(C)(C)C)c2)cc1. The summed E-state index contributed by atoms with van der Waals surface area (Å²) in [6.45, 7) is 31.9. The van der Waals surface area contributed by atoms with Crippen molar-refractivity contribution in [1.29, 1.82) is 0 Å². The summed E-state index contributed by atoms with van der Waals surface area (Å²) in [6.07, 6.45) is 4.23. The van der Waals surface area contributed by atoms with Crippen LogP contribution in [0, 0.1) is 10.8 Å². The van der Waals surface area contributed by atoms with Gasteiger partial charge in [0.2, 0.25) is 0 Å². The lowest BCUT2D eigenvalue weighted by Gasteiger charge is -2.33. The van der Waals surface area contributed by atoms with Gasteiger partial charge in [-0.2, -0.15) is 0 Å². The van der Waals surface area contributed by atoms with Gasteiger partial charge in [0.25, 0.3) is 0 Å². The van der Waals surface area contributed by atoms with Crippen LogP contribution in [0.25, 0.3) is 5.57 Å². The summed E-state index contributed by atoms with van der Waals surface area (Å²) in [4.78, 5) is 16.2. The second kappa shape index (κ2) is 11.5. The van der Waals surface area contributed by atoms with Crippen molar-refractivity contribution < 1.29 is 9.90 Å². The van der Waals surface area contributed by atoms with Crippen molar-refractivity contribution in [2.45, 2.75) is 108 Å². The number of rotatable bonds is 5. The highest BCUT2D eigenvalue weighted by atomic mass is 16.3. The van der Waals surface area contributed by atoms with E-state index in [1.165, 1.54) is 5.69 Å². The molecule has 1 aliphatic carbocycles. The van der Waals surface area contributed by atoms with Crippen LogP contribution < -0.4 is 4.90 Å². The first-order valence-electron chi connectivity index (χ1n) is 15.6. The molecule has 2 aromatic carbocycles. The quantitative estimate of drug-likeness (QED) is 0.389. The maximum Gasteiger partial charge on any atom is 0.186 e. The molecule has 3 rings (SSSR count). The number of nitrogens with zero attached hydrogens (tertiary/aromatic N) is 1. The van der Waals surface area contributed by atoms with Gasteiger partial charge >= 0.3 is 0 Å². The first kappa shape index (κ1) is 33.4. The molecule has 0 spiro atoms. The maximum atomic E-state index is 13.9. The Labute approximate surface area is 256 Å². The smallest absolute Gasteiger partial charge is 0.186 e. The van der Waals surface area contributed by atoms with Crippen molar-refractivity contribution in [1.82, 2.24) is 0 Å². The Kier molecular flexibility index (Phi) is 9.19. The fraction of sp³-hybridized carbons (Fsp3) is 0.513. The van der Waals surface area contributed by atoms with Gasteiger partial charge in [-0.05, 0) is 94.2 Å². The number of benzene rings is 2. The summed E-state index contributed by atoms with van der Waals surface area (Å²) in [6, 6.07) is 13.2. The van der Waals surface area contributed by atoms with Crippen molar-refractivity contribution in [2.24, 2.45) is 10.8 Å². The largest absolute Gasteiger partial charge is 0.507 e. The van der Waals surface area contributed by atoms with Gasteiger partial charge in [0.05, 0.1) is 0 Å². The molecule has 0 saturated heterocycles. The number of carbonyl (C=O) groups excluding carboxylic acids is 1. The Hall–Kier alpha value is -3.07. The normalized spacial score (nSPS) is 15.0. The fourth-order valence-corrected chi connectivity index (χ4v) is 5.74.